The van der Waals surface area contributed by atoms with Gasteiger partial charge in [-0.1, -0.05) is 68.1 Å². The van der Waals surface area contributed by atoms with Crippen LogP contribution in [-0.2, 0) is 36.9 Å². The molecular formula is C36H41N5O8S2. The van der Waals surface area contributed by atoms with Crippen molar-refractivity contribution in [1.29, 1.82) is 0 Å². The lowest BCUT2D eigenvalue weighted by Gasteiger charge is -2.34. The smallest absolute Gasteiger partial charge is 0.408 e. The number of aromatic nitrogens is 1. The van der Waals surface area contributed by atoms with E-state index in [-0.39, 0.29) is 55.9 Å². The Labute approximate surface area is 304 Å². The van der Waals surface area contributed by atoms with Gasteiger partial charge in [-0.25, -0.2) is 9.78 Å². The number of fused-ring (bicyclic) bond motifs is 1. The van der Waals surface area contributed by atoms with Gasteiger partial charge in [0.2, 0.25) is 11.8 Å². The molecule has 6 amide bonds. The van der Waals surface area contributed by atoms with Gasteiger partial charge in [0.05, 0.1) is 27.6 Å². The summed E-state index contributed by atoms with van der Waals surface area (Å²) in [5.74, 6) is -3.40. The number of thioether (sulfide) groups is 1. The van der Waals surface area contributed by atoms with Crippen LogP contribution in [0.1, 0.15) is 72.0 Å². The third-order valence-corrected chi connectivity index (χ3v) is 9.73. The topological polar surface area (TPSA) is 172 Å². The molecule has 0 spiro atoms. The molecule has 2 N–H and O–H groups in total. The first-order valence-corrected chi connectivity index (χ1v) is 18.3. The maximum absolute atomic E-state index is 14.6. The minimum atomic E-state index is -1.39. The third-order valence-electron chi connectivity index (χ3n) is 8.04. The van der Waals surface area contributed by atoms with Crippen molar-refractivity contribution in [2.75, 3.05) is 13.6 Å². The predicted molar refractivity (Wildman–Crippen MR) is 192 cm³/mol. The van der Waals surface area contributed by atoms with Gasteiger partial charge in [-0.2, -0.15) is 0 Å². The first kappa shape index (κ1) is 38.9. The molecule has 15 heteroatoms. The van der Waals surface area contributed by atoms with Crippen LogP contribution in [0.2, 0.25) is 0 Å². The van der Waals surface area contributed by atoms with E-state index in [0.717, 1.165) is 15.4 Å². The molecule has 3 atom stereocenters. The van der Waals surface area contributed by atoms with Crippen LogP contribution in [0.15, 0.2) is 65.5 Å². The van der Waals surface area contributed by atoms with E-state index in [1.807, 2.05) is 19.9 Å². The Morgan fingerprint density at radius 1 is 0.961 bits per heavy atom. The lowest BCUT2D eigenvalue weighted by Crippen LogP contribution is -2.60. The van der Waals surface area contributed by atoms with Crippen molar-refractivity contribution in [2.45, 2.75) is 70.4 Å². The van der Waals surface area contributed by atoms with E-state index in [1.54, 1.807) is 59.4 Å². The summed E-state index contributed by atoms with van der Waals surface area (Å²) in [7, 11) is 1.37. The zero-order chi connectivity index (χ0) is 37.1. The van der Waals surface area contributed by atoms with Gasteiger partial charge in [0.1, 0.15) is 18.7 Å². The Morgan fingerprint density at radius 2 is 1.61 bits per heavy atom. The number of benzene rings is 2. The molecule has 1 aliphatic heterocycles. The summed E-state index contributed by atoms with van der Waals surface area (Å²) in [6.45, 7) is 4.85. The molecule has 3 aromatic rings. The van der Waals surface area contributed by atoms with Crippen LogP contribution < -0.4 is 10.6 Å². The first-order chi connectivity index (χ1) is 24.4. The number of imide groups is 2. The molecule has 0 fully saturated rings. The van der Waals surface area contributed by atoms with Crippen molar-refractivity contribution < 1.29 is 38.3 Å². The van der Waals surface area contributed by atoms with Crippen LogP contribution >= 0.6 is 23.1 Å². The number of nitrogens with zero attached hydrogens (tertiary/aromatic N) is 3. The number of carbonyl (C=O) groups is 7. The molecular weight excluding hydrogens is 695 g/mol. The largest absolute Gasteiger partial charge is 0.445 e. The molecule has 1 aliphatic rings. The highest BCUT2D eigenvalue weighted by Crippen LogP contribution is 2.27. The molecule has 2 aromatic carbocycles. The fraction of sp³-hybridized carbons (Fsp3) is 0.389. The summed E-state index contributed by atoms with van der Waals surface area (Å²) >= 11 is 1.96. The summed E-state index contributed by atoms with van der Waals surface area (Å²) in [6.07, 6.45) is -0.805. The third kappa shape index (κ3) is 10.3. The standard InChI is InChI=1S/C36H41N5O8S2/c1-22(2)17-28(39-36(48)49-19-24-11-6-5-7-12-24)34(46)41(29(31(43)37-4)18-25-20-50-21-38-25)35(47)30(51-23(3)42)15-10-16-40-32(44)26-13-8-9-14-27(26)33(40)45/h5-9,11-14,20-22,28-30H,10,15-19H2,1-4H3,(H,37,43)(H,39,48)/t28-,29-,30?/m0/s1. The van der Waals surface area contributed by atoms with Gasteiger partial charge in [0, 0.05) is 32.3 Å². The minimum Gasteiger partial charge on any atom is -0.445 e. The monoisotopic (exact) mass is 735 g/mol. The number of hydrogen-bond donors (Lipinski definition) is 2. The van der Waals surface area contributed by atoms with E-state index in [9.17, 15) is 33.6 Å². The molecule has 2 heterocycles. The van der Waals surface area contributed by atoms with Crippen LogP contribution in [0.3, 0.4) is 0 Å². The fourth-order valence-electron chi connectivity index (χ4n) is 5.65. The highest BCUT2D eigenvalue weighted by atomic mass is 32.2. The van der Waals surface area contributed by atoms with E-state index in [0.29, 0.717) is 17.5 Å². The number of ether oxygens (including phenoxy) is 1. The molecule has 0 radical (unpaired) electrons. The zero-order valence-corrected chi connectivity index (χ0v) is 30.5. The summed E-state index contributed by atoms with van der Waals surface area (Å²) in [5.41, 5.74) is 3.31. The van der Waals surface area contributed by atoms with Crippen molar-refractivity contribution in [3.8, 4) is 0 Å². The lowest BCUT2D eigenvalue weighted by atomic mass is 10.00. The highest BCUT2D eigenvalue weighted by molar-refractivity contribution is 8.14. The molecule has 1 unspecified atom stereocenters. The second-order valence-corrected chi connectivity index (χ2v) is 14.4. The van der Waals surface area contributed by atoms with Crippen LogP contribution in [0.4, 0.5) is 4.79 Å². The summed E-state index contributed by atoms with van der Waals surface area (Å²) in [4.78, 5) is 100. The maximum Gasteiger partial charge on any atom is 0.408 e. The molecule has 0 saturated carbocycles. The number of amides is 6. The molecule has 13 nitrogen and oxygen atoms in total. The molecule has 0 bridgehead atoms. The van der Waals surface area contributed by atoms with Crippen molar-refractivity contribution in [2.24, 2.45) is 5.92 Å². The average molecular weight is 736 g/mol. The maximum atomic E-state index is 14.6. The number of carbonyl (C=O) groups excluding carboxylic acids is 7. The molecule has 270 valence electrons. The Balaban J connectivity index is 1.62. The Morgan fingerprint density at radius 3 is 2.18 bits per heavy atom. The van der Waals surface area contributed by atoms with Gasteiger partial charge in [-0.3, -0.25) is 38.6 Å². The fourth-order valence-corrected chi connectivity index (χ4v) is 7.12. The SMILES string of the molecule is CNC(=O)[C@H](Cc1cscn1)N(C(=O)C(CCCN1C(=O)c2ccccc2C1=O)SC(C)=O)C(=O)[C@H](CC(C)C)NC(=O)OCc1ccccc1. The van der Waals surface area contributed by atoms with Crippen LogP contribution in [0.5, 0.6) is 0 Å². The lowest BCUT2D eigenvalue weighted by molar-refractivity contribution is -0.153. The predicted octanol–water partition coefficient (Wildman–Crippen LogP) is 4.22. The molecule has 1 aromatic heterocycles. The van der Waals surface area contributed by atoms with Crippen LogP contribution in [0.25, 0.3) is 0 Å². The van der Waals surface area contributed by atoms with Crippen molar-refractivity contribution in [3.05, 3.63) is 87.9 Å². The number of nitrogens with one attached hydrogen (secondary N) is 2. The first-order valence-electron chi connectivity index (χ1n) is 16.5. The van der Waals surface area contributed by atoms with Crippen molar-refractivity contribution in [1.82, 2.24) is 25.4 Å². The zero-order valence-electron chi connectivity index (χ0n) is 28.8. The van der Waals surface area contributed by atoms with Crippen LogP contribution in [-0.4, -0.2) is 86.5 Å². The molecule has 4 rings (SSSR count). The Bertz CT molecular complexity index is 1700. The summed E-state index contributed by atoms with van der Waals surface area (Å²) < 4.78 is 5.39. The normalized spacial score (nSPS) is 14.0. The molecule has 0 aliphatic carbocycles. The van der Waals surface area contributed by atoms with E-state index in [1.165, 1.54) is 25.3 Å². The minimum absolute atomic E-state index is 0.0151. The van der Waals surface area contributed by atoms with E-state index >= 15 is 0 Å². The van der Waals surface area contributed by atoms with Gasteiger partial charge in [-0.05, 0) is 42.9 Å². The van der Waals surface area contributed by atoms with E-state index in [2.05, 4.69) is 15.6 Å². The Hall–Kier alpha value is -4.89. The molecule has 51 heavy (non-hydrogen) atoms. The van der Waals surface area contributed by atoms with Crippen molar-refractivity contribution >= 4 is 63.8 Å². The summed E-state index contributed by atoms with van der Waals surface area (Å²) in [6, 6.07) is 12.8. The number of likely N-dealkylation sites (N-methyl/N-ethyl adjacent to an activating group) is 1. The number of alkyl carbamates (subject to hydrolysis) is 1. The van der Waals surface area contributed by atoms with Gasteiger partial charge in [-0.15, -0.1) is 11.3 Å². The second kappa shape index (κ2) is 18.4. The second-order valence-electron chi connectivity index (χ2n) is 12.3. The van der Waals surface area contributed by atoms with Gasteiger partial charge in [0.25, 0.3) is 17.7 Å². The number of hydrogen-bond acceptors (Lipinski definition) is 11. The average Bonchev–Trinajstić information content (AvgIpc) is 3.71. The van der Waals surface area contributed by atoms with E-state index in [4.69, 9.17) is 4.74 Å². The van der Waals surface area contributed by atoms with Crippen molar-refractivity contribution in [3.63, 3.8) is 0 Å². The summed E-state index contributed by atoms with van der Waals surface area (Å²) in [5, 5.41) is 5.23. The Kier molecular flexibility index (Phi) is 14.0. The van der Waals surface area contributed by atoms with Gasteiger partial charge < -0.3 is 15.4 Å². The number of thiazole rings is 1. The van der Waals surface area contributed by atoms with E-state index < -0.39 is 58.1 Å². The molecule has 0 saturated heterocycles. The highest BCUT2D eigenvalue weighted by Gasteiger charge is 2.42. The van der Waals surface area contributed by atoms with Gasteiger partial charge in [0.15, 0.2) is 5.12 Å². The van der Waals surface area contributed by atoms with Gasteiger partial charge >= 0.3 is 6.09 Å². The quantitative estimate of drug-likeness (QED) is 0.203. The number of rotatable bonds is 16. The van der Waals surface area contributed by atoms with Crippen LogP contribution in [0, 0.1) is 5.92 Å².